The Labute approximate surface area is 227 Å². The molecule has 1 saturated carbocycles. The molecule has 0 bridgehead atoms. The second-order valence-electron chi connectivity index (χ2n) is 10.9. The Kier molecular flexibility index (Phi) is 7.18. The van der Waals surface area contributed by atoms with E-state index in [-0.39, 0.29) is 29.8 Å². The van der Waals surface area contributed by atoms with Crippen LogP contribution in [0.4, 0.5) is 0 Å². The lowest BCUT2D eigenvalue weighted by Crippen LogP contribution is -2.39. The Hall–Kier alpha value is -3.75. The maximum Gasteiger partial charge on any atom is 0.269 e. The van der Waals surface area contributed by atoms with Crippen LogP contribution in [0.25, 0.3) is 22.1 Å². The van der Waals surface area contributed by atoms with Crippen molar-refractivity contribution in [2.24, 2.45) is 5.92 Å². The maximum absolute atomic E-state index is 13.4. The molecule has 2 N–H and O–H groups in total. The van der Waals surface area contributed by atoms with Crippen LogP contribution in [0.3, 0.4) is 0 Å². The van der Waals surface area contributed by atoms with Gasteiger partial charge in [0.1, 0.15) is 11.3 Å². The summed E-state index contributed by atoms with van der Waals surface area (Å²) in [5, 5.41) is 22.6. The smallest absolute Gasteiger partial charge is 0.269 e. The van der Waals surface area contributed by atoms with Crippen LogP contribution in [-0.2, 0) is 21.2 Å². The van der Waals surface area contributed by atoms with Gasteiger partial charge in [-0.15, -0.1) is 0 Å². The molecule has 5 rings (SSSR count). The number of imidazole rings is 1. The predicted octanol–water partition coefficient (Wildman–Crippen LogP) is 3.70. The Morgan fingerprint density at radius 2 is 1.90 bits per heavy atom. The summed E-state index contributed by atoms with van der Waals surface area (Å²) in [5.41, 5.74) is 0.583. The average molecular weight is 549 g/mol. The van der Waals surface area contributed by atoms with Crippen LogP contribution in [0.1, 0.15) is 57.8 Å². The number of benzene rings is 1. The van der Waals surface area contributed by atoms with Gasteiger partial charge in [0.2, 0.25) is 5.91 Å². The molecule has 4 aromatic rings. The second kappa shape index (κ2) is 10.4. The van der Waals surface area contributed by atoms with Gasteiger partial charge in [-0.2, -0.15) is 5.26 Å². The zero-order valence-electron chi connectivity index (χ0n) is 22.0. The van der Waals surface area contributed by atoms with Crippen LogP contribution in [0.15, 0.2) is 53.7 Å². The number of pyridine rings is 1. The number of rotatable bonds is 8. The minimum atomic E-state index is -3.87. The minimum absolute atomic E-state index is 0.00734. The Bertz CT molecular complexity index is 1650. The highest BCUT2D eigenvalue weighted by molar-refractivity contribution is 7.90. The molecule has 1 amide bonds. The SMILES string of the molecule is CC(C)(O)CNC(=O)Cc1nc2cnc3c(ccn3S(=O)(=O)c3ccccc3)c2n1[C@H]1CC[C@H](CC#N)CC1. The lowest BCUT2D eigenvalue weighted by Gasteiger charge is -2.30. The predicted molar refractivity (Wildman–Crippen MR) is 146 cm³/mol. The highest BCUT2D eigenvalue weighted by Crippen LogP contribution is 2.38. The average Bonchev–Trinajstić information content (AvgIpc) is 3.50. The van der Waals surface area contributed by atoms with E-state index in [1.807, 2.05) is 0 Å². The summed E-state index contributed by atoms with van der Waals surface area (Å²) in [5.74, 6) is 0.647. The number of carbonyl (C=O) groups excluding carboxylic acids is 1. The summed E-state index contributed by atoms with van der Waals surface area (Å²) in [6, 6.07) is 12.3. The van der Waals surface area contributed by atoms with Crippen molar-refractivity contribution in [1.82, 2.24) is 23.8 Å². The molecule has 10 nitrogen and oxygen atoms in total. The van der Waals surface area contributed by atoms with Crippen LogP contribution in [0.5, 0.6) is 0 Å². The maximum atomic E-state index is 13.4. The van der Waals surface area contributed by atoms with Crippen molar-refractivity contribution in [2.75, 3.05) is 6.54 Å². The van der Waals surface area contributed by atoms with Crippen molar-refractivity contribution in [2.45, 2.75) is 68.9 Å². The molecular formula is C28H32N6O4S. The number of nitriles is 1. The van der Waals surface area contributed by atoms with Gasteiger partial charge < -0.3 is 15.0 Å². The van der Waals surface area contributed by atoms with Crippen molar-refractivity contribution in [3.63, 3.8) is 0 Å². The van der Waals surface area contributed by atoms with Gasteiger partial charge in [0, 0.05) is 30.6 Å². The lowest BCUT2D eigenvalue weighted by molar-refractivity contribution is -0.121. The van der Waals surface area contributed by atoms with E-state index in [0.717, 1.165) is 31.2 Å². The fourth-order valence-electron chi connectivity index (χ4n) is 5.37. The molecule has 0 aliphatic heterocycles. The highest BCUT2D eigenvalue weighted by atomic mass is 32.2. The first-order valence-corrected chi connectivity index (χ1v) is 14.6. The van der Waals surface area contributed by atoms with Crippen molar-refractivity contribution in [1.29, 1.82) is 5.26 Å². The number of aromatic nitrogens is 4. The molecule has 1 aromatic carbocycles. The van der Waals surface area contributed by atoms with E-state index < -0.39 is 15.6 Å². The van der Waals surface area contributed by atoms with Gasteiger partial charge >= 0.3 is 0 Å². The third-order valence-electron chi connectivity index (χ3n) is 7.30. The number of aliphatic hydroxyl groups is 1. The first-order valence-electron chi connectivity index (χ1n) is 13.1. The fourth-order valence-corrected chi connectivity index (χ4v) is 6.69. The van der Waals surface area contributed by atoms with Crippen molar-refractivity contribution < 1.29 is 18.3 Å². The second-order valence-corrected chi connectivity index (χ2v) is 12.7. The van der Waals surface area contributed by atoms with E-state index in [4.69, 9.17) is 10.2 Å². The Balaban J connectivity index is 1.60. The highest BCUT2D eigenvalue weighted by Gasteiger charge is 2.29. The zero-order valence-corrected chi connectivity index (χ0v) is 22.9. The minimum Gasteiger partial charge on any atom is -0.389 e. The molecule has 1 aliphatic carbocycles. The van der Waals surface area contributed by atoms with E-state index in [1.165, 1.54) is 10.2 Å². The fraction of sp³-hybridized carbons (Fsp3) is 0.429. The van der Waals surface area contributed by atoms with E-state index in [1.54, 1.807) is 56.4 Å². The summed E-state index contributed by atoms with van der Waals surface area (Å²) in [6.07, 6.45) is 7.03. The first kappa shape index (κ1) is 26.8. The van der Waals surface area contributed by atoms with E-state index >= 15 is 0 Å². The van der Waals surface area contributed by atoms with Gasteiger partial charge in [0.15, 0.2) is 5.65 Å². The molecule has 204 valence electrons. The summed E-state index contributed by atoms with van der Waals surface area (Å²) in [7, 11) is -3.87. The third kappa shape index (κ3) is 5.40. The van der Waals surface area contributed by atoms with Gasteiger partial charge in [0.25, 0.3) is 10.0 Å². The topological polar surface area (TPSA) is 143 Å². The monoisotopic (exact) mass is 548 g/mol. The molecule has 11 heteroatoms. The number of fused-ring (bicyclic) bond motifs is 3. The van der Waals surface area contributed by atoms with Gasteiger partial charge in [0.05, 0.1) is 34.7 Å². The molecule has 3 heterocycles. The van der Waals surface area contributed by atoms with Crippen molar-refractivity contribution >= 4 is 38.0 Å². The number of hydrogen-bond donors (Lipinski definition) is 2. The molecule has 0 radical (unpaired) electrons. The molecule has 0 spiro atoms. The zero-order chi connectivity index (χ0) is 27.8. The summed E-state index contributed by atoms with van der Waals surface area (Å²) >= 11 is 0. The van der Waals surface area contributed by atoms with Gasteiger partial charge in [-0.05, 0) is 63.6 Å². The van der Waals surface area contributed by atoms with E-state index in [2.05, 4.69) is 20.9 Å². The first-order chi connectivity index (χ1) is 18.6. The molecule has 0 atom stereocenters. The van der Waals surface area contributed by atoms with Crippen molar-refractivity contribution in [3.8, 4) is 6.07 Å². The molecule has 39 heavy (non-hydrogen) atoms. The molecule has 0 unspecified atom stereocenters. The molecule has 1 fully saturated rings. The van der Waals surface area contributed by atoms with Crippen LogP contribution >= 0.6 is 0 Å². The normalized spacial score (nSPS) is 18.3. The van der Waals surface area contributed by atoms with Crippen LogP contribution in [-0.4, -0.2) is 50.1 Å². The molecule has 0 saturated heterocycles. The largest absolute Gasteiger partial charge is 0.389 e. The van der Waals surface area contributed by atoms with Gasteiger partial charge in [-0.1, -0.05) is 18.2 Å². The lowest BCUT2D eigenvalue weighted by atomic mass is 9.84. The summed E-state index contributed by atoms with van der Waals surface area (Å²) < 4.78 is 30.1. The van der Waals surface area contributed by atoms with E-state index in [9.17, 15) is 18.3 Å². The number of hydrogen-bond acceptors (Lipinski definition) is 7. The van der Waals surface area contributed by atoms with E-state index in [0.29, 0.717) is 34.7 Å². The van der Waals surface area contributed by atoms with Crippen LogP contribution in [0.2, 0.25) is 0 Å². The molecular weight excluding hydrogens is 516 g/mol. The number of nitrogens with zero attached hydrogens (tertiary/aromatic N) is 5. The number of amides is 1. The van der Waals surface area contributed by atoms with Crippen LogP contribution < -0.4 is 5.32 Å². The summed E-state index contributed by atoms with van der Waals surface area (Å²) in [6.45, 7) is 3.36. The third-order valence-corrected chi connectivity index (χ3v) is 8.98. The van der Waals surface area contributed by atoms with Gasteiger partial charge in [-0.3, -0.25) is 4.79 Å². The number of nitrogens with one attached hydrogen (secondary N) is 1. The summed E-state index contributed by atoms with van der Waals surface area (Å²) in [4.78, 5) is 22.3. The molecule has 3 aromatic heterocycles. The van der Waals surface area contributed by atoms with Crippen molar-refractivity contribution in [3.05, 3.63) is 54.6 Å². The Morgan fingerprint density at radius 1 is 1.18 bits per heavy atom. The number of carbonyl (C=O) groups is 1. The van der Waals surface area contributed by atoms with Crippen LogP contribution in [0, 0.1) is 17.2 Å². The quantitative estimate of drug-likeness (QED) is 0.342. The molecule has 1 aliphatic rings. The van der Waals surface area contributed by atoms with Gasteiger partial charge in [-0.25, -0.2) is 22.4 Å². The Morgan fingerprint density at radius 3 is 2.56 bits per heavy atom. The standard InChI is InChI=1S/C28H32N6O4S/c1-28(2,36)18-31-25(35)16-24-32-23-17-30-27-22(13-15-33(27)39(37,38)21-6-4-3-5-7-21)26(23)34(24)20-10-8-19(9-11-20)12-14-29/h3-7,13,15,17,19-20,36H,8-12,16,18H2,1-2H3,(H,31,35)/t19-,20-.